The Bertz CT molecular complexity index is 960. The summed E-state index contributed by atoms with van der Waals surface area (Å²) >= 11 is 7.42. The topological polar surface area (TPSA) is 72.2 Å². The van der Waals surface area contributed by atoms with Crippen LogP contribution >= 0.6 is 22.9 Å². The van der Waals surface area contributed by atoms with Gasteiger partial charge in [0.25, 0.3) is 5.56 Å². The summed E-state index contributed by atoms with van der Waals surface area (Å²) in [6.07, 6.45) is 0.685. The van der Waals surface area contributed by atoms with Crippen LogP contribution in [0.4, 0.5) is 0 Å². The Balaban J connectivity index is 2.23. The Hall–Kier alpha value is -2.18. The highest BCUT2D eigenvalue weighted by atomic mass is 35.5. The van der Waals surface area contributed by atoms with Gasteiger partial charge >= 0.3 is 5.97 Å². The number of carboxylic acids is 1. The molecule has 2 aromatic heterocycles. The lowest BCUT2D eigenvalue weighted by Gasteiger charge is -2.11. The number of aromatic nitrogens is 2. The first-order valence-corrected chi connectivity index (χ1v) is 8.70. The van der Waals surface area contributed by atoms with Gasteiger partial charge in [-0.2, -0.15) is 0 Å². The van der Waals surface area contributed by atoms with E-state index >= 15 is 0 Å². The second-order valence-electron chi connectivity index (χ2n) is 5.33. The third-order valence-electron chi connectivity index (χ3n) is 3.70. The van der Waals surface area contributed by atoms with Gasteiger partial charge in [0.1, 0.15) is 10.7 Å². The molecule has 0 fully saturated rings. The van der Waals surface area contributed by atoms with Crippen molar-refractivity contribution in [1.29, 1.82) is 0 Å². The lowest BCUT2D eigenvalue weighted by molar-refractivity contribution is -0.137. The average molecular weight is 363 g/mol. The van der Waals surface area contributed by atoms with E-state index in [2.05, 4.69) is 4.98 Å². The van der Waals surface area contributed by atoms with E-state index in [0.717, 1.165) is 16.9 Å². The summed E-state index contributed by atoms with van der Waals surface area (Å²) in [6.45, 7) is 2.10. The number of carboxylic acid groups (broad SMARTS) is 1. The van der Waals surface area contributed by atoms with E-state index in [1.54, 1.807) is 24.3 Å². The van der Waals surface area contributed by atoms with E-state index < -0.39 is 5.97 Å². The molecule has 0 atom stereocenters. The zero-order chi connectivity index (χ0) is 17.3. The molecule has 2 heterocycles. The van der Waals surface area contributed by atoms with Crippen LogP contribution in [-0.2, 0) is 17.8 Å². The molecule has 7 heteroatoms. The minimum atomic E-state index is -0.955. The van der Waals surface area contributed by atoms with Crippen molar-refractivity contribution in [1.82, 2.24) is 9.55 Å². The average Bonchev–Trinajstić information content (AvgIpc) is 2.98. The normalized spacial score (nSPS) is 11.1. The summed E-state index contributed by atoms with van der Waals surface area (Å²) < 4.78 is 1.44. The SMILES string of the molecule is CCc1cc2c(=O)n(CCC(=O)O)c(-c3ccc(Cl)cc3)nc2s1. The van der Waals surface area contributed by atoms with Crippen LogP contribution < -0.4 is 5.56 Å². The largest absolute Gasteiger partial charge is 0.481 e. The van der Waals surface area contributed by atoms with E-state index in [0.29, 0.717) is 21.1 Å². The maximum Gasteiger partial charge on any atom is 0.305 e. The van der Waals surface area contributed by atoms with Gasteiger partial charge in [-0.25, -0.2) is 4.98 Å². The highest BCUT2D eigenvalue weighted by molar-refractivity contribution is 7.18. The van der Waals surface area contributed by atoms with Gasteiger partial charge in [0, 0.05) is 22.0 Å². The standard InChI is InChI=1S/C17H15ClN2O3S/c1-2-12-9-13-16(24-12)19-15(10-3-5-11(18)6-4-10)20(17(13)23)8-7-14(21)22/h3-6,9H,2,7-8H2,1H3,(H,21,22). The fourth-order valence-corrected chi connectivity index (χ4v) is 3.56. The van der Waals surface area contributed by atoms with E-state index in [4.69, 9.17) is 16.7 Å². The Labute approximate surface area is 147 Å². The first kappa shape index (κ1) is 16.7. The summed E-state index contributed by atoms with van der Waals surface area (Å²) in [4.78, 5) is 30.2. The van der Waals surface area contributed by atoms with Gasteiger partial charge in [-0.05, 0) is 36.8 Å². The molecule has 0 unspecified atom stereocenters. The summed E-state index contributed by atoms with van der Waals surface area (Å²) in [5.41, 5.74) is 0.525. The van der Waals surface area contributed by atoms with E-state index in [-0.39, 0.29) is 18.5 Å². The van der Waals surface area contributed by atoms with Gasteiger partial charge < -0.3 is 5.11 Å². The third kappa shape index (κ3) is 3.20. The van der Waals surface area contributed by atoms with Gasteiger partial charge in [-0.1, -0.05) is 18.5 Å². The molecule has 24 heavy (non-hydrogen) atoms. The Morgan fingerprint density at radius 1 is 1.33 bits per heavy atom. The number of aliphatic carboxylic acids is 1. The zero-order valence-corrected chi connectivity index (χ0v) is 14.5. The van der Waals surface area contributed by atoms with Crippen LogP contribution in [0.15, 0.2) is 35.1 Å². The van der Waals surface area contributed by atoms with Crippen molar-refractivity contribution in [3.05, 3.63) is 50.6 Å². The van der Waals surface area contributed by atoms with Crippen LogP contribution in [0.3, 0.4) is 0 Å². The highest BCUT2D eigenvalue weighted by Gasteiger charge is 2.16. The number of thiophene rings is 1. The Morgan fingerprint density at radius 2 is 2.04 bits per heavy atom. The van der Waals surface area contributed by atoms with E-state index in [1.807, 2.05) is 13.0 Å². The molecule has 0 aliphatic rings. The number of fused-ring (bicyclic) bond motifs is 1. The molecule has 0 saturated heterocycles. The van der Waals surface area contributed by atoms with Gasteiger partial charge in [0.2, 0.25) is 0 Å². The fourth-order valence-electron chi connectivity index (χ4n) is 2.47. The Morgan fingerprint density at radius 3 is 2.67 bits per heavy atom. The van der Waals surface area contributed by atoms with Crippen LogP contribution in [0.5, 0.6) is 0 Å². The summed E-state index contributed by atoms with van der Waals surface area (Å²) in [6, 6.07) is 8.85. The predicted molar refractivity (Wildman–Crippen MR) is 96.0 cm³/mol. The zero-order valence-electron chi connectivity index (χ0n) is 13.0. The molecule has 0 radical (unpaired) electrons. The molecule has 0 spiro atoms. The van der Waals surface area contributed by atoms with Crippen molar-refractivity contribution in [2.75, 3.05) is 0 Å². The third-order valence-corrected chi connectivity index (χ3v) is 5.13. The molecule has 3 rings (SSSR count). The first-order chi connectivity index (χ1) is 11.5. The van der Waals surface area contributed by atoms with Gasteiger partial charge in [0.05, 0.1) is 11.8 Å². The molecule has 3 aromatic rings. The van der Waals surface area contributed by atoms with E-state index in [1.165, 1.54) is 15.9 Å². The maximum atomic E-state index is 12.8. The van der Waals surface area contributed by atoms with Crippen molar-refractivity contribution in [3.63, 3.8) is 0 Å². The molecule has 5 nitrogen and oxygen atoms in total. The minimum Gasteiger partial charge on any atom is -0.481 e. The predicted octanol–water partition coefficient (Wildman–Crippen LogP) is 3.82. The van der Waals surface area contributed by atoms with Crippen LogP contribution in [0.2, 0.25) is 5.02 Å². The number of nitrogens with zero attached hydrogens (tertiary/aromatic N) is 2. The number of carbonyl (C=O) groups is 1. The monoisotopic (exact) mass is 362 g/mol. The molecule has 0 amide bonds. The Kier molecular flexibility index (Phi) is 4.69. The second-order valence-corrected chi connectivity index (χ2v) is 6.88. The van der Waals surface area contributed by atoms with Gasteiger partial charge in [-0.3, -0.25) is 14.2 Å². The lowest BCUT2D eigenvalue weighted by Crippen LogP contribution is -2.24. The summed E-state index contributed by atoms with van der Waals surface area (Å²) in [5.74, 6) is -0.487. The van der Waals surface area contributed by atoms with Crippen LogP contribution in [0.1, 0.15) is 18.2 Å². The smallest absolute Gasteiger partial charge is 0.305 e. The van der Waals surface area contributed by atoms with Crippen molar-refractivity contribution < 1.29 is 9.90 Å². The number of hydrogen-bond acceptors (Lipinski definition) is 4. The summed E-state index contributed by atoms with van der Waals surface area (Å²) in [5, 5.41) is 10.1. The second kappa shape index (κ2) is 6.75. The molecule has 0 bridgehead atoms. The molecule has 124 valence electrons. The molecule has 0 aliphatic heterocycles. The lowest BCUT2D eigenvalue weighted by atomic mass is 10.2. The summed E-state index contributed by atoms with van der Waals surface area (Å²) in [7, 11) is 0. The van der Waals surface area contributed by atoms with Gasteiger partial charge in [-0.15, -0.1) is 11.3 Å². The molecule has 0 saturated carbocycles. The highest BCUT2D eigenvalue weighted by Crippen LogP contribution is 2.26. The van der Waals surface area contributed by atoms with Crippen molar-refractivity contribution in [2.45, 2.75) is 26.3 Å². The molecular formula is C17H15ClN2O3S. The van der Waals surface area contributed by atoms with E-state index in [9.17, 15) is 9.59 Å². The molecular weight excluding hydrogens is 348 g/mol. The number of halogens is 1. The van der Waals surface area contributed by atoms with Crippen LogP contribution in [-0.4, -0.2) is 20.6 Å². The van der Waals surface area contributed by atoms with Crippen molar-refractivity contribution >= 4 is 39.1 Å². The minimum absolute atomic E-state index is 0.0758. The molecule has 1 aromatic carbocycles. The fraction of sp³-hybridized carbons (Fsp3) is 0.235. The number of benzene rings is 1. The number of rotatable bonds is 5. The quantitative estimate of drug-likeness (QED) is 0.749. The first-order valence-electron chi connectivity index (χ1n) is 7.50. The number of hydrogen-bond donors (Lipinski definition) is 1. The van der Waals surface area contributed by atoms with Gasteiger partial charge in [0.15, 0.2) is 0 Å². The van der Waals surface area contributed by atoms with Crippen molar-refractivity contribution in [2.24, 2.45) is 0 Å². The van der Waals surface area contributed by atoms with Crippen molar-refractivity contribution in [3.8, 4) is 11.4 Å². The van der Waals surface area contributed by atoms with Crippen LogP contribution in [0, 0.1) is 0 Å². The number of aryl methyl sites for hydroxylation is 1. The molecule has 0 aliphatic carbocycles. The maximum absolute atomic E-state index is 12.8. The molecule has 1 N–H and O–H groups in total. The van der Waals surface area contributed by atoms with Crippen LogP contribution in [0.25, 0.3) is 21.6 Å².